The summed E-state index contributed by atoms with van der Waals surface area (Å²) in [4.78, 5) is 15.0. The van der Waals surface area contributed by atoms with Crippen LogP contribution >= 0.6 is 12.4 Å². The number of hydrogen-bond acceptors (Lipinski definition) is 4. The minimum Gasteiger partial charge on any atom is -0.338 e. The summed E-state index contributed by atoms with van der Waals surface area (Å²) in [5.41, 5.74) is 5.76. The van der Waals surface area contributed by atoms with Gasteiger partial charge in [-0.15, -0.1) is 12.4 Å². The summed E-state index contributed by atoms with van der Waals surface area (Å²) in [6.45, 7) is 1.96. The quantitative estimate of drug-likeness (QED) is 0.847. The number of piperidine rings is 1. The number of sulfonamides is 1. The lowest BCUT2D eigenvalue weighted by Crippen LogP contribution is -2.49. The summed E-state index contributed by atoms with van der Waals surface area (Å²) >= 11 is 0. The predicted octanol–water partition coefficient (Wildman–Crippen LogP) is 1.46. The van der Waals surface area contributed by atoms with Crippen molar-refractivity contribution in [3.8, 4) is 0 Å². The zero-order valence-electron chi connectivity index (χ0n) is 14.2. The topological polar surface area (TPSA) is 83.7 Å². The van der Waals surface area contributed by atoms with Crippen LogP contribution < -0.4 is 5.73 Å². The predicted molar refractivity (Wildman–Crippen MR) is 99.0 cm³/mol. The van der Waals surface area contributed by atoms with Crippen molar-refractivity contribution in [2.24, 2.45) is 11.7 Å². The second-order valence-electron chi connectivity index (χ2n) is 6.58. The molecule has 140 valence electrons. The summed E-state index contributed by atoms with van der Waals surface area (Å²) in [5.74, 6) is -0.194. The van der Waals surface area contributed by atoms with Crippen LogP contribution in [0.2, 0.25) is 0 Å². The molecule has 25 heavy (non-hydrogen) atoms. The molecule has 2 aliphatic heterocycles. The number of hydrogen-bond donors (Lipinski definition) is 1. The molecule has 1 aromatic carbocycles. The Kier molecular flexibility index (Phi) is 6.85. The first kappa shape index (κ1) is 20.2. The number of carbonyl (C=O) groups is 1. The van der Waals surface area contributed by atoms with Gasteiger partial charge < -0.3 is 10.6 Å². The highest BCUT2D eigenvalue weighted by Gasteiger charge is 2.37. The summed E-state index contributed by atoms with van der Waals surface area (Å²) in [6, 6.07) is 8.54. The fourth-order valence-corrected chi connectivity index (χ4v) is 5.25. The SMILES string of the molecule is Cl.NCC1CCCN1C(=O)C1CCCN(S(=O)(=O)c2ccccc2)C1. The van der Waals surface area contributed by atoms with E-state index in [1.165, 1.54) is 4.31 Å². The Labute approximate surface area is 155 Å². The van der Waals surface area contributed by atoms with Crippen LogP contribution in [0.25, 0.3) is 0 Å². The fraction of sp³-hybridized carbons (Fsp3) is 0.588. The van der Waals surface area contributed by atoms with Crippen LogP contribution in [0.4, 0.5) is 0 Å². The van der Waals surface area contributed by atoms with E-state index in [4.69, 9.17) is 5.73 Å². The summed E-state index contributed by atoms with van der Waals surface area (Å²) in [7, 11) is -3.53. The molecule has 2 unspecified atom stereocenters. The Morgan fingerprint density at radius 1 is 1.12 bits per heavy atom. The Balaban J connectivity index is 0.00000225. The molecule has 8 heteroatoms. The number of rotatable bonds is 4. The second kappa shape index (κ2) is 8.49. The first-order valence-electron chi connectivity index (χ1n) is 8.60. The summed E-state index contributed by atoms with van der Waals surface area (Å²) < 4.78 is 27.0. The van der Waals surface area contributed by atoms with Crippen molar-refractivity contribution < 1.29 is 13.2 Å². The lowest BCUT2D eigenvalue weighted by Gasteiger charge is -2.34. The van der Waals surface area contributed by atoms with E-state index >= 15 is 0 Å². The number of nitrogens with zero attached hydrogens (tertiary/aromatic N) is 2. The number of carbonyl (C=O) groups excluding carboxylic acids is 1. The summed E-state index contributed by atoms with van der Waals surface area (Å²) in [6.07, 6.45) is 3.38. The average molecular weight is 388 g/mol. The zero-order valence-corrected chi connectivity index (χ0v) is 15.8. The van der Waals surface area contributed by atoms with Gasteiger partial charge in [0.2, 0.25) is 15.9 Å². The Morgan fingerprint density at radius 3 is 2.48 bits per heavy atom. The first-order valence-corrected chi connectivity index (χ1v) is 10.0. The maximum Gasteiger partial charge on any atom is 0.243 e. The smallest absolute Gasteiger partial charge is 0.243 e. The van der Waals surface area contributed by atoms with Gasteiger partial charge in [0.15, 0.2) is 0 Å². The normalized spacial score (nSPS) is 24.8. The second-order valence-corrected chi connectivity index (χ2v) is 8.52. The van der Waals surface area contributed by atoms with Gasteiger partial charge in [0.05, 0.1) is 10.8 Å². The lowest BCUT2D eigenvalue weighted by molar-refractivity contribution is -0.137. The van der Waals surface area contributed by atoms with Gasteiger partial charge in [-0.25, -0.2) is 8.42 Å². The van der Waals surface area contributed by atoms with Crippen LogP contribution in [-0.4, -0.2) is 55.8 Å². The molecule has 2 aliphatic rings. The average Bonchev–Trinajstić information content (AvgIpc) is 3.10. The molecule has 0 bridgehead atoms. The third-order valence-corrected chi connectivity index (χ3v) is 6.93. The van der Waals surface area contributed by atoms with Crippen molar-refractivity contribution in [1.29, 1.82) is 0 Å². The van der Waals surface area contributed by atoms with Gasteiger partial charge in [0, 0.05) is 32.2 Å². The van der Waals surface area contributed by atoms with Crippen LogP contribution in [0, 0.1) is 5.92 Å². The van der Waals surface area contributed by atoms with Crippen LogP contribution in [-0.2, 0) is 14.8 Å². The molecule has 1 aromatic rings. The van der Waals surface area contributed by atoms with Gasteiger partial charge in [-0.1, -0.05) is 18.2 Å². The largest absolute Gasteiger partial charge is 0.338 e. The number of likely N-dealkylation sites (tertiary alicyclic amines) is 1. The molecule has 2 N–H and O–H groups in total. The van der Waals surface area contributed by atoms with E-state index < -0.39 is 10.0 Å². The van der Waals surface area contributed by atoms with E-state index in [1.54, 1.807) is 30.3 Å². The van der Waals surface area contributed by atoms with Crippen LogP contribution in [0.1, 0.15) is 25.7 Å². The van der Waals surface area contributed by atoms with Gasteiger partial charge in [-0.2, -0.15) is 4.31 Å². The van der Waals surface area contributed by atoms with Gasteiger partial charge in [-0.3, -0.25) is 4.79 Å². The highest BCUT2D eigenvalue weighted by Crippen LogP contribution is 2.27. The third-order valence-electron chi connectivity index (χ3n) is 5.05. The van der Waals surface area contributed by atoms with E-state index in [-0.39, 0.29) is 36.8 Å². The number of benzene rings is 1. The molecule has 2 saturated heterocycles. The number of nitrogens with two attached hydrogens (primary N) is 1. The molecule has 2 fully saturated rings. The first-order chi connectivity index (χ1) is 11.5. The Hall–Kier alpha value is -1.15. The zero-order chi connectivity index (χ0) is 17.2. The molecular formula is C17H26ClN3O3S. The maximum atomic E-state index is 12.8. The minimum absolute atomic E-state index is 0. The molecular weight excluding hydrogens is 362 g/mol. The van der Waals surface area contributed by atoms with Crippen LogP contribution in [0.5, 0.6) is 0 Å². The molecule has 0 radical (unpaired) electrons. The van der Waals surface area contributed by atoms with E-state index in [2.05, 4.69) is 0 Å². The molecule has 0 aliphatic carbocycles. The van der Waals surface area contributed by atoms with E-state index in [1.807, 2.05) is 4.90 Å². The molecule has 2 heterocycles. The molecule has 6 nitrogen and oxygen atoms in total. The minimum atomic E-state index is -3.53. The van der Waals surface area contributed by atoms with Gasteiger partial charge in [-0.05, 0) is 37.8 Å². The highest BCUT2D eigenvalue weighted by atomic mass is 35.5. The number of halogens is 1. The summed E-state index contributed by atoms with van der Waals surface area (Å²) in [5, 5.41) is 0. The van der Waals surface area contributed by atoms with Crippen LogP contribution in [0.3, 0.4) is 0 Å². The van der Waals surface area contributed by atoms with E-state index in [0.29, 0.717) is 24.4 Å². The molecule has 2 atom stereocenters. The highest BCUT2D eigenvalue weighted by molar-refractivity contribution is 7.89. The van der Waals surface area contributed by atoms with Crippen molar-refractivity contribution in [3.63, 3.8) is 0 Å². The number of amides is 1. The lowest BCUT2D eigenvalue weighted by atomic mass is 9.97. The molecule has 3 rings (SSSR count). The van der Waals surface area contributed by atoms with Crippen molar-refractivity contribution in [3.05, 3.63) is 30.3 Å². The molecule has 1 amide bonds. The monoisotopic (exact) mass is 387 g/mol. The Bertz CT molecular complexity index is 684. The molecule has 0 spiro atoms. The Morgan fingerprint density at radius 2 is 1.80 bits per heavy atom. The molecule has 0 aromatic heterocycles. The standard InChI is InChI=1S/C17H25N3O3S.ClH/c18-12-15-7-5-11-20(15)17(21)14-6-4-10-19(13-14)24(22,23)16-8-2-1-3-9-16;/h1-3,8-9,14-15H,4-7,10-13,18H2;1H. The maximum absolute atomic E-state index is 12.8. The van der Waals surface area contributed by atoms with E-state index in [9.17, 15) is 13.2 Å². The van der Waals surface area contributed by atoms with Gasteiger partial charge in [0.1, 0.15) is 0 Å². The van der Waals surface area contributed by atoms with Crippen molar-refractivity contribution in [1.82, 2.24) is 9.21 Å². The third kappa shape index (κ3) is 4.16. The van der Waals surface area contributed by atoms with Crippen molar-refractivity contribution in [2.45, 2.75) is 36.6 Å². The fourth-order valence-electron chi connectivity index (χ4n) is 3.71. The van der Waals surface area contributed by atoms with Gasteiger partial charge in [0.25, 0.3) is 0 Å². The van der Waals surface area contributed by atoms with Crippen molar-refractivity contribution in [2.75, 3.05) is 26.2 Å². The van der Waals surface area contributed by atoms with Crippen LogP contribution in [0.15, 0.2) is 35.2 Å². The molecule has 0 saturated carbocycles. The van der Waals surface area contributed by atoms with Gasteiger partial charge >= 0.3 is 0 Å². The van der Waals surface area contributed by atoms with E-state index in [0.717, 1.165) is 25.8 Å². The van der Waals surface area contributed by atoms with Crippen molar-refractivity contribution >= 4 is 28.3 Å².